The van der Waals surface area contributed by atoms with Crippen molar-refractivity contribution in [2.45, 2.75) is 95.9 Å². The molecule has 2 fully saturated rings. The summed E-state index contributed by atoms with van der Waals surface area (Å²) in [5.41, 5.74) is -0.100. The number of rotatable bonds is 11. The van der Waals surface area contributed by atoms with Crippen LogP contribution in [-0.4, -0.2) is 143 Å². The molecule has 20 heteroatoms. The van der Waals surface area contributed by atoms with E-state index in [4.69, 9.17) is 37.9 Å². The number of aliphatic hydroxyl groups excluding tert-OH is 1. The quantitative estimate of drug-likeness (QED) is 0.179. The molecule has 0 aromatic heterocycles. The van der Waals surface area contributed by atoms with Crippen molar-refractivity contribution in [3.05, 3.63) is 70.8 Å². The Morgan fingerprint density at radius 1 is 0.517 bits per heavy atom. The third-order valence-electron chi connectivity index (χ3n) is 9.57. The zero-order chi connectivity index (χ0) is 42.2. The Labute approximate surface area is 329 Å². The monoisotopic (exact) mass is 810 g/mol. The van der Waals surface area contributed by atoms with Gasteiger partial charge < -0.3 is 43.0 Å². The van der Waals surface area contributed by atoms with Gasteiger partial charge in [0.1, 0.15) is 24.3 Å². The summed E-state index contributed by atoms with van der Waals surface area (Å²) in [6, 6.07) is 8.08. The highest BCUT2D eigenvalue weighted by Crippen LogP contribution is 2.38. The van der Waals surface area contributed by atoms with E-state index in [1.807, 2.05) is 0 Å². The van der Waals surface area contributed by atoms with E-state index in [2.05, 4.69) is 0 Å². The molecule has 0 saturated carbocycles. The maximum Gasteiger partial charge on any atom is 0.305 e. The second-order valence-corrected chi connectivity index (χ2v) is 13.5. The number of ether oxygens (including phenoxy) is 8. The van der Waals surface area contributed by atoms with Crippen LogP contribution in [-0.2, 0) is 61.9 Å². The number of imide groups is 2. The van der Waals surface area contributed by atoms with Crippen molar-refractivity contribution in [3.8, 4) is 0 Å². The van der Waals surface area contributed by atoms with Crippen molar-refractivity contribution in [1.82, 2.24) is 9.80 Å². The van der Waals surface area contributed by atoms with E-state index in [1.54, 1.807) is 0 Å². The van der Waals surface area contributed by atoms with E-state index < -0.39 is 128 Å². The Morgan fingerprint density at radius 2 is 0.845 bits per heavy atom. The third kappa shape index (κ3) is 7.90. The minimum atomic E-state index is -1.89. The Kier molecular flexibility index (Phi) is 12.0. The number of carbonyl (C=O) groups is 9. The standard InChI is InChI=1S/C38H38N2O18/c1-16(42)52-29-25(14-41)57-37(27(31(29)54-18(3)44)39-33(47)21-10-6-7-11-22(21)34(39)48)51-15-26-30(53-17(2)43)32(55-19(4)45)28(38(58-26)56-20(5)46)40-35(49)23-12-8-9-13-24(23)36(40)50/h6-13,25-32,37-38,41H,14-15H2,1-5H3/t25-,26-,27-,28-,29-,30-,31-,32-,37-,38+/m1/s1. The molecule has 6 rings (SSSR count). The zero-order valence-electron chi connectivity index (χ0n) is 31.6. The number of carbonyl (C=O) groups excluding carboxylic acids is 9. The molecule has 2 saturated heterocycles. The summed E-state index contributed by atoms with van der Waals surface area (Å²) in [6.45, 7) is 3.38. The lowest BCUT2D eigenvalue weighted by molar-refractivity contribution is -0.311. The molecule has 0 radical (unpaired) electrons. The van der Waals surface area contributed by atoms with E-state index in [0.717, 1.165) is 34.6 Å². The van der Waals surface area contributed by atoms with Gasteiger partial charge in [-0.1, -0.05) is 24.3 Å². The third-order valence-corrected chi connectivity index (χ3v) is 9.57. The van der Waals surface area contributed by atoms with Gasteiger partial charge in [0.25, 0.3) is 23.6 Å². The fraction of sp³-hybridized carbons (Fsp3) is 0.447. The highest BCUT2D eigenvalue weighted by atomic mass is 16.7. The van der Waals surface area contributed by atoms with Crippen LogP contribution in [0.3, 0.4) is 0 Å². The molecule has 1 N–H and O–H groups in total. The van der Waals surface area contributed by atoms with Crippen LogP contribution in [0, 0.1) is 0 Å². The predicted molar refractivity (Wildman–Crippen MR) is 186 cm³/mol. The van der Waals surface area contributed by atoms with Crippen molar-refractivity contribution >= 4 is 53.5 Å². The first-order valence-electron chi connectivity index (χ1n) is 17.9. The van der Waals surface area contributed by atoms with Gasteiger partial charge in [-0.05, 0) is 24.3 Å². The minimum Gasteiger partial charge on any atom is -0.456 e. The smallest absolute Gasteiger partial charge is 0.305 e. The second-order valence-electron chi connectivity index (χ2n) is 13.5. The van der Waals surface area contributed by atoms with Crippen molar-refractivity contribution in [1.29, 1.82) is 0 Å². The molecule has 58 heavy (non-hydrogen) atoms. The molecular weight excluding hydrogens is 772 g/mol. The fourth-order valence-corrected chi connectivity index (χ4v) is 7.47. The molecule has 2 aromatic carbocycles. The summed E-state index contributed by atoms with van der Waals surface area (Å²) in [4.78, 5) is 119. The Bertz CT molecular complexity index is 1980. The van der Waals surface area contributed by atoms with Gasteiger partial charge in [0.2, 0.25) is 6.29 Å². The molecule has 4 aliphatic heterocycles. The molecule has 0 spiro atoms. The fourth-order valence-electron chi connectivity index (χ4n) is 7.47. The van der Waals surface area contributed by atoms with Crippen LogP contribution in [0.25, 0.3) is 0 Å². The first kappa shape index (κ1) is 41.5. The maximum absolute atomic E-state index is 13.9. The van der Waals surface area contributed by atoms with Crippen LogP contribution in [0.15, 0.2) is 48.5 Å². The van der Waals surface area contributed by atoms with Gasteiger partial charge >= 0.3 is 29.8 Å². The van der Waals surface area contributed by atoms with Gasteiger partial charge in [0, 0.05) is 34.6 Å². The summed E-state index contributed by atoms with van der Waals surface area (Å²) in [7, 11) is 0. The number of nitrogens with zero attached hydrogens (tertiary/aromatic N) is 2. The average Bonchev–Trinajstić information content (AvgIpc) is 3.55. The highest BCUT2D eigenvalue weighted by Gasteiger charge is 2.60. The van der Waals surface area contributed by atoms with Gasteiger partial charge in [-0.3, -0.25) is 53.0 Å². The number of hydrogen-bond acceptors (Lipinski definition) is 18. The molecule has 4 amide bonds. The van der Waals surface area contributed by atoms with Crippen molar-refractivity contribution < 1.29 is 86.2 Å². The molecule has 20 nitrogen and oxygen atoms in total. The predicted octanol–water partition coefficient (Wildman–Crippen LogP) is 0.0646. The van der Waals surface area contributed by atoms with Crippen molar-refractivity contribution in [2.75, 3.05) is 13.2 Å². The molecule has 4 aliphatic rings. The van der Waals surface area contributed by atoms with E-state index in [9.17, 15) is 48.3 Å². The summed E-state index contributed by atoms with van der Waals surface area (Å²) < 4.78 is 45.9. The number of esters is 5. The molecule has 10 atom stereocenters. The lowest BCUT2D eigenvalue weighted by atomic mass is 9.94. The van der Waals surface area contributed by atoms with Crippen LogP contribution in [0.2, 0.25) is 0 Å². The molecule has 0 aliphatic carbocycles. The summed E-state index contributed by atoms with van der Waals surface area (Å²) in [5.74, 6) is -8.22. The average molecular weight is 811 g/mol. The van der Waals surface area contributed by atoms with Crippen LogP contribution in [0.4, 0.5) is 0 Å². The number of fused-ring (bicyclic) bond motifs is 2. The van der Waals surface area contributed by atoms with Crippen LogP contribution < -0.4 is 0 Å². The molecule has 0 bridgehead atoms. The Balaban J connectivity index is 1.41. The first-order valence-corrected chi connectivity index (χ1v) is 17.9. The zero-order valence-corrected chi connectivity index (χ0v) is 31.6. The van der Waals surface area contributed by atoms with Crippen LogP contribution in [0.1, 0.15) is 76.1 Å². The van der Waals surface area contributed by atoms with Crippen molar-refractivity contribution in [2.24, 2.45) is 0 Å². The van der Waals surface area contributed by atoms with Gasteiger partial charge in [-0.15, -0.1) is 0 Å². The number of aliphatic hydroxyl groups is 1. The number of amides is 4. The molecular formula is C38H38N2O18. The van der Waals surface area contributed by atoms with Gasteiger partial charge in [-0.2, -0.15) is 0 Å². The molecule has 0 unspecified atom stereocenters. The Hall–Kier alpha value is -6.09. The summed E-state index contributed by atoms with van der Waals surface area (Å²) in [6.07, 6.45) is -13.7. The van der Waals surface area contributed by atoms with Gasteiger partial charge in [-0.25, -0.2) is 0 Å². The second kappa shape index (κ2) is 16.8. The van der Waals surface area contributed by atoms with E-state index in [1.165, 1.54) is 48.5 Å². The summed E-state index contributed by atoms with van der Waals surface area (Å²) in [5, 5.41) is 10.4. The molecule has 4 heterocycles. The number of benzene rings is 2. The van der Waals surface area contributed by atoms with E-state index >= 15 is 0 Å². The summed E-state index contributed by atoms with van der Waals surface area (Å²) >= 11 is 0. The molecule has 2 aromatic rings. The van der Waals surface area contributed by atoms with Crippen LogP contribution in [0.5, 0.6) is 0 Å². The van der Waals surface area contributed by atoms with E-state index in [-0.39, 0.29) is 22.3 Å². The lowest BCUT2D eigenvalue weighted by Gasteiger charge is -2.48. The maximum atomic E-state index is 13.9. The minimum absolute atomic E-state index is 0.0216. The SMILES string of the molecule is CC(=O)O[C@H]1O[C@H](CO[C@@H]2O[C@H](CO)[C@@H](OC(C)=O)[C@H](OC(C)=O)[C@H]2N2C(=O)c3ccccc3C2=O)[C@@H](OC(C)=O)[C@H](OC(C)=O)[C@H]1N1C(=O)c2ccccc2C1=O. The van der Waals surface area contributed by atoms with E-state index in [0.29, 0.717) is 9.80 Å². The molecule has 308 valence electrons. The topological polar surface area (TPSA) is 254 Å². The first-order chi connectivity index (χ1) is 27.5. The largest absolute Gasteiger partial charge is 0.456 e. The lowest BCUT2D eigenvalue weighted by Crippen LogP contribution is -2.69. The van der Waals surface area contributed by atoms with Gasteiger partial charge in [0.15, 0.2) is 30.7 Å². The van der Waals surface area contributed by atoms with Crippen molar-refractivity contribution in [3.63, 3.8) is 0 Å². The Morgan fingerprint density at radius 3 is 1.21 bits per heavy atom. The normalized spacial score (nSPS) is 29.0. The van der Waals surface area contributed by atoms with Gasteiger partial charge in [0.05, 0.1) is 35.5 Å². The van der Waals surface area contributed by atoms with Crippen LogP contribution >= 0.6 is 0 Å². The highest BCUT2D eigenvalue weighted by molar-refractivity contribution is 6.22. The number of hydrogen-bond donors (Lipinski definition) is 1.